The van der Waals surface area contributed by atoms with Gasteiger partial charge in [0.1, 0.15) is 0 Å². The van der Waals surface area contributed by atoms with Crippen molar-refractivity contribution in [2.75, 3.05) is 6.61 Å². The van der Waals surface area contributed by atoms with Gasteiger partial charge < -0.3 is 18.6 Å². The molecule has 1 aromatic heterocycles. The molecule has 3 rings (SSSR count). The minimum atomic E-state index is -0.612. The molecule has 0 spiro atoms. The van der Waals surface area contributed by atoms with Crippen LogP contribution in [0.4, 0.5) is 0 Å². The quantitative estimate of drug-likeness (QED) is 0.387. The summed E-state index contributed by atoms with van der Waals surface area (Å²) in [4.78, 5) is 28.1. The van der Waals surface area contributed by atoms with Gasteiger partial charge in [0.25, 0.3) is 5.90 Å². The van der Waals surface area contributed by atoms with Crippen molar-refractivity contribution in [2.24, 2.45) is 4.99 Å². The van der Waals surface area contributed by atoms with Crippen LogP contribution in [0.3, 0.4) is 0 Å². The van der Waals surface area contributed by atoms with Gasteiger partial charge in [-0.1, -0.05) is 18.5 Å². The first kappa shape index (κ1) is 19.7. The number of nitrogens with zero attached hydrogens (tertiary/aromatic N) is 1. The molecule has 28 heavy (non-hydrogen) atoms. The van der Waals surface area contributed by atoms with Crippen LogP contribution in [0.15, 0.2) is 45.6 Å². The highest BCUT2D eigenvalue weighted by Gasteiger charge is 2.26. The van der Waals surface area contributed by atoms with Gasteiger partial charge in [0.15, 0.2) is 23.0 Å². The van der Waals surface area contributed by atoms with Crippen LogP contribution in [-0.2, 0) is 14.3 Å². The van der Waals surface area contributed by atoms with Crippen molar-refractivity contribution >= 4 is 35.5 Å². The van der Waals surface area contributed by atoms with Gasteiger partial charge in [-0.15, -0.1) is 0 Å². The Balaban J connectivity index is 1.93. The van der Waals surface area contributed by atoms with Crippen LogP contribution in [0.5, 0.6) is 11.5 Å². The van der Waals surface area contributed by atoms with E-state index >= 15 is 0 Å². The number of carbonyl (C=O) groups excluding carboxylic acids is 2. The zero-order chi connectivity index (χ0) is 20.1. The van der Waals surface area contributed by atoms with Crippen LogP contribution in [0.25, 0.3) is 6.08 Å². The Labute approximate surface area is 166 Å². The summed E-state index contributed by atoms with van der Waals surface area (Å²) in [6, 6.07) is 6.47. The molecular weight excluding hydrogens is 386 g/mol. The molecule has 0 atom stereocenters. The molecule has 0 aliphatic carbocycles. The summed E-state index contributed by atoms with van der Waals surface area (Å²) < 4.78 is 21.2. The zero-order valence-corrected chi connectivity index (χ0v) is 16.1. The Bertz CT molecular complexity index is 946. The maximum atomic E-state index is 12.1. The lowest BCUT2D eigenvalue weighted by atomic mass is 10.1. The van der Waals surface area contributed by atoms with Crippen LogP contribution in [0.2, 0.25) is 5.02 Å². The average Bonchev–Trinajstić information content (AvgIpc) is 3.29. The lowest BCUT2D eigenvalue weighted by molar-refractivity contribution is -0.134. The molecule has 0 amide bonds. The Hall–Kier alpha value is -3.06. The molecule has 2 aromatic rings. The maximum absolute atomic E-state index is 12.1. The lowest BCUT2D eigenvalue weighted by Crippen LogP contribution is -2.09. The molecule has 0 unspecified atom stereocenters. The van der Waals surface area contributed by atoms with Crippen molar-refractivity contribution < 1.29 is 28.2 Å². The molecule has 1 aliphatic heterocycles. The molecule has 1 aliphatic rings. The van der Waals surface area contributed by atoms with Crippen molar-refractivity contribution in [1.29, 1.82) is 0 Å². The Kier molecular flexibility index (Phi) is 6.16. The Morgan fingerprint density at radius 2 is 2.14 bits per heavy atom. The summed E-state index contributed by atoms with van der Waals surface area (Å²) in [5.41, 5.74) is 0.626. The standard InChI is InChI=1S/C20H18ClNO6/c1-3-6-17(23)27-18-13(21)9-12(11-16(18)25-4-2)10-14-20(24)28-19(22-14)15-7-5-8-26-15/h5,7-11H,3-4,6H2,1-2H3/b14-10-. The number of aliphatic imine (C=N–C) groups is 1. The number of rotatable bonds is 7. The number of halogens is 1. The van der Waals surface area contributed by atoms with Gasteiger partial charge in [0, 0.05) is 6.42 Å². The molecule has 0 N–H and O–H groups in total. The van der Waals surface area contributed by atoms with Crippen LogP contribution in [-0.4, -0.2) is 24.4 Å². The first-order valence-corrected chi connectivity index (χ1v) is 9.13. The number of benzene rings is 1. The topological polar surface area (TPSA) is 87.3 Å². The van der Waals surface area contributed by atoms with Crippen LogP contribution >= 0.6 is 11.6 Å². The van der Waals surface area contributed by atoms with E-state index in [9.17, 15) is 9.59 Å². The molecule has 146 valence electrons. The van der Waals surface area contributed by atoms with Gasteiger partial charge in [-0.3, -0.25) is 4.79 Å². The summed E-state index contributed by atoms with van der Waals surface area (Å²) in [6.45, 7) is 4.02. The van der Waals surface area contributed by atoms with Crippen LogP contribution in [0, 0.1) is 0 Å². The van der Waals surface area contributed by atoms with E-state index in [0.717, 1.165) is 0 Å². The summed E-state index contributed by atoms with van der Waals surface area (Å²) in [5, 5.41) is 0.184. The monoisotopic (exact) mass is 403 g/mol. The van der Waals surface area contributed by atoms with Gasteiger partial charge in [-0.25, -0.2) is 9.79 Å². The molecule has 0 fully saturated rings. The molecule has 0 bridgehead atoms. The fraction of sp³-hybridized carbons (Fsp3) is 0.250. The molecule has 8 heteroatoms. The summed E-state index contributed by atoms with van der Waals surface area (Å²) >= 11 is 6.29. The molecule has 0 saturated carbocycles. The number of cyclic esters (lactones) is 1. The van der Waals surface area contributed by atoms with Crippen molar-refractivity contribution in [1.82, 2.24) is 0 Å². The van der Waals surface area contributed by atoms with Crippen LogP contribution in [0.1, 0.15) is 38.0 Å². The van der Waals surface area contributed by atoms with Crippen molar-refractivity contribution in [3.8, 4) is 11.5 Å². The second-order valence-corrected chi connectivity index (χ2v) is 6.21. The smallest absolute Gasteiger partial charge is 0.363 e. The summed E-state index contributed by atoms with van der Waals surface area (Å²) in [5.74, 6) is -0.126. The average molecular weight is 404 g/mol. The largest absolute Gasteiger partial charge is 0.490 e. The lowest BCUT2D eigenvalue weighted by Gasteiger charge is -2.13. The predicted octanol–water partition coefficient (Wildman–Crippen LogP) is 4.38. The second kappa shape index (κ2) is 8.75. The van der Waals surface area contributed by atoms with E-state index in [1.807, 2.05) is 6.92 Å². The molecular formula is C20H18ClNO6. The van der Waals surface area contributed by atoms with Crippen molar-refractivity contribution in [3.05, 3.63) is 52.6 Å². The summed E-state index contributed by atoms with van der Waals surface area (Å²) in [7, 11) is 0. The molecule has 2 heterocycles. The number of hydrogen-bond acceptors (Lipinski definition) is 7. The Morgan fingerprint density at radius 1 is 1.32 bits per heavy atom. The first-order chi connectivity index (χ1) is 13.5. The third-order valence-electron chi connectivity index (χ3n) is 3.66. The third-order valence-corrected chi connectivity index (χ3v) is 3.94. The normalized spacial score (nSPS) is 14.8. The van der Waals surface area contributed by atoms with Crippen molar-refractivity contribution in [3.63, 3.8) is 0 Å². The van der Waals surface area contributed by atoms with E-state index in [-0.39, 0.29) is 28.8 Å². The number of esters is 2. The van der Waals surface area contributed by atoms with Crippen LogP contribution < -0.4 is 9.47 Å². The number of carbonyl (C=O) groups is 2. The van der Waals surface area contributed by atoms with E-state index < -0.39 is 11.9 Å². The Morgan fingerprint density at radius 3 is 2.82 bits per heavy atom. The fourth-order valence-corrected chi connectivity index (χ4v) is 2.73. The highest BCUT2D eigenvalue weighted by Crippen LogP contribution is 2.38. The molecule has 0 radical (unpaired) electrons. The molecule has 0 saturated heterocycles. The van der Waals surface area contributed by atoms with E-state index in [1.165, 1.54) is 12.3 Å². The van der Waals surface area contributed by atoms with Crippen molar-refractivity contribution in [2.45, 2.75) is 26.7 Å². The predicted molar refractivity (Wildman–Crippen MR) is 102 cm³/mol. The highest BCUT2D eigenvalue weighted by atomic mass is 35.5. The number of ether oxygens (including phenoxy) is 3. The number of hydrogen-bond donors (Lipinski definition) is 0. The maximum Gasteiger partial charge on any atom is 0.363 e. The van der Waals surface area contributed by atoms with E-state index in [0.29, 0.717) is 30.1 Å². The van der Waals surface area contributed by atoms with Gasteiger partial charge in [0.2, 0.25) is 0 Å². The first-order valence-electron chi connectivity index (χ1n) is 8.75. The van der Waals surface area contributed by atoms with Gasteiger partial charge >= 0.3 is 11.9 Å². The van der Waals surface area contributed by atoms with E-state index in [4.69, 9.17) is 30.2 Å². The minimum Gasteiger partial charge on any atom is -0.490 e. The van der Waals surface area contributed by atoms with Gasteiger partial charge in [0.05, 0.1) is 17.9 Å². The fourth-order valence-electron chi connectivity index (χ4n) is 2.47. The summed E-state index contributed by atoms with van der Waals surface area (Å²) in [6.07, 6.45) is 3.89. The minimum absolute atomic E-state index is 0.0839. The highest BCUT2D eigenvalue weighted by molar-refractivity contribution is 6.32. The molecule has 7 nitrogen and oxygen atoms in total. The van der Waals surface area contributed by atoms with Gasteiger partial charge in [-0.05, 0) is 49.2 Å². The zero-order valence-electron chi connectivity index (χ0n) is 15.4. The van der Waals surface area contributed by atoms with Gasteiger partial charge in [-0.2, -0.15) is 0 Å². The number of furan rings is 1. The molecule has 1 aromatic carbocycles. The van der Waals surface area contributed by atoms with E-state index in [2.05, 4.69) is 4.99 Å². The SMILES string of the molecule is CCCC(=O)Oc1c(Cl)cc(/C=C2\N=C(c3ccco3)OC2=O)cc1OCC. The second-order valence-electron chi connectivity index (χ2n) is 5.80. The third kappa shape index (κ3) is 4.43. The van der Waals surface area contributed by atoms with E-state index in [1.54, 1.807) is 31.2 Å².